The van der Waals surface area contributed by atoms with Crippen molar-refractivity contribution in [1.82, 2.24) is 9.71 Å². The predicted octanol–water partition coefficient (Wildman–Crippen LogP) is 0.626. The van der Waals surface area contributed by atoms with E-state index < -0.39 is 20.9 Å². The van der Waals surface area contributed by atoms with E-state index in [4.69, 9.17) is 5.73 Å². The molecule has 17 heavy (non-hydrogen) atoms. The molecule has 0 aliphatic carbocycles. The normalized spacial score (nSPS) is 13.6. The summed E-state index contributed by atoms with van der Waals surface area (Å²) in [6.07, 6.45) is 2.50. The molecular formula is C10H16FN3O2S. The Labute approximate surface area is 100 Å². The van der Waals surface area contributed by atoms with Crippen LogP contribution in [-0.2, 0) is 10.0 Å². The van der Waals surface area contributed by atoms with E-state index in [1.54, 1.807) is 0 Å². The smallest absolute Gasteiger partial charge is 0.261 e. The van der Waals surface area contributed by atoms with Gasteiger partial charge >= 0.3 is 0 Å². The fourth-order valence-electron chi connectivity index (χ4n) is 1.22. The number of aromatic nitrogens is 1. The molecule has 7 heteroatoms. The maximum atomic E-state index is 13.2. The molecule has 0 aliphatic rings. The Balaban J connectivity index is 2.67. The Bertz CT molecular complexity index is 464. The van der Waals surface area contributed by atoms with Gasteiger partial charge in [-0.25, -0.2) is 22.5 Å². The number of sulfonamides is 1. The van der Waals surface area contributed by atoms with Crippen molar-refractivity contribution in [2.75, 3.05) is 6.54 Å². The van der Waals surface area contributed by atoms with Crippen molar-refractivity contribution >= 4 is 10.0 Å². The summed E-state index contributed by atoms with van der Waals surface area (Å²) in [6.45, 7) is 2.09. The Morgan fingerprint density at radius 3 is 2.88 bits per heavy atom. The minimum atomic E-state index is -3.89. The summed E-state index contributed by atoms with van der Waals surface area (Å²) in [5.74, 6) is -0.861. The molecule has 0 spiro atoms. The van der Waals surface area contributed by atoms with Gasteiger partial charge < -0.3 is 5.73 Å². The van der Waals surface area contributed by atoms with Gasteiger partial charge in [0.15, 0.2) is 5.82 Å². The molecule has 0 fully saturated rings. The molecule has 0 radical (unpaired) electrons. The van der Waals surface area contributed by atoms with Gasteiger partial charge in [-0.15, -0.1) is 0 Å². The molecule has 1 unspecified atom stereocenters. The second-order valence-electron chi connectivity index (χ2n) is 3.65. The Kier molecular flexibility index (Phi) is 4.98. The number of hydrogen-bond acceptors (Lipinski definition) is 4. The van der Waals surface area contributed by atoms with Gasteiger partial charge in [0.1, 0.15) is 0 Å². The monoisotopic (exact) mass is 261 g/mol. The fourth-order valence-corrected chi connectivity index (χ4v) is 2.27. The van der Waals surface area contributed by atoms with Gasteiger partial charge in [-0.3, -0.25) is 0 Å². The van der Waals surface area contributed by atoms with Crippen LogP contribution in [0.2, 0.25) is 0 Å². The number of nitrogens with two attached hydrogens (primary N) is 1. The van der Waals surface area contributed by atoms with E-state index in [0.29, 0.717) is 6.42 Å². The van der Waals surface area contributed by atoms with E-state index in [0.717, 1.165) is 12.5 Å². The van der Waals surface area contributed by atoms with Gasteiger partial charge in [0.25, 0.3) is 10.0 Å². The molecule has 96 valence electrons. The summed E-state index contributed by atoms with van der Waals surface area (Å²) < 4.78 is 38.8. The lowest BCUT2D eigenvalue weighted by atomic mass is 10.2. The van der Waals surface area contributed by atoms with Crippen molar-refractivity contribution in [2.24, 2.45) is 5.73 Å². The summed E-state index contributed by atoms with van der Waals surface area (Å²) in [5.41, 5.74) is 5.65. The molecule has 1 atom stereocenters. The van der Waals surface area contributed by atoms with E-state index in [9.17, 15) is 12.8 Å². The summed E-state index contributed by atoms with van der Waals surface area (Å²) >= 11 is 0. The SMILES string of the molecule is CCC(N)CCNS(=O)(=O)c1ncccc1F. The standard InChI is InChI=1S/C10H16FN3O2S/c1-2-8(12)5-7-14-17(15,16)10-9(11)4-3-6-13-10/h3-4,6,8,14H,2,5,7,12H2,1H3. The van der Waals surface area contributed by atoms with Crippen LogP contribution < -0.4 is 10.5 Å². The maximum Gasteiger partial charge on any atom is 0.261 e. The van der Waals surface area contributed by atoms with Crippen LogP contribution in [-0.4, -0.2) is 26.0 Å². The molecule has 3 N–H and O–H groups in total. The van der Waals surface area contributed by atoms with Gasteiger partial charge in [0.05, 0.1) is 0 Å². The Morgan fingerprint density at radius 1 is 1.59 bits per heavy atom. The minimum Gasteiger partial charge on any atom is -0.328 e. The molecule has 0 aliphatic heterocycles. The van der Waals surface area contributed by atoms with E-state index >= 15 is 0 Å². The number of nitrogens with zero attached hydrogens (tertiary/aromatic N) is 1. The van der Waals surface area contributed by atoms with Crippen molar-refractivity contribution in [2.45, 2.75) is 30.8 Å². The topological polar surface area (TPSA) is 85.1 Å². The van der Waals surface area contributed by atoms with Crippen molar-refractivity contribution in [3.8, 4) is 0 Å². The fraction of sp³-hybridized carbons (Fsp3) is 0.500. The van der Waals surface area contributed by atoms with E-state index in [2.05, 4.69) is 9.71 Å². The maximum absolute atomic E-state index is 13.2. The van der Waals surface area contributed by atoms with Gasteiger partial charge in [-0.1, -0.05) is 6.92 Å². The van der Waals surface area contributed by atoms with Crippen molar-refractivity contribution in [3.05, 3.63) is 24.1 Å². The molecule has 0 aromatic carbocycles. The summed E-state index contributed by atoms with van der Waals surface area (Å²) in [7, 11) is -3.89. The Hall–Kier alpha value is -1.05. The second-order valence-corrected chi connectivity index (χ2v) is 5.33. The minimum absolute atomic E-state index is 0.0636. The van der Waals surface area contributed by atoms with E-state index in [1.807, 2.05) is 6.92 Å². The van der Waals surface area contributed by atoms with Crippen molar-refractivity contribution in [1.29, 1.82) is 0 Å². The molecule has 0 saturated heterocycles. The summed E-state index contributed by atoms with van der Waals surface area (Å²) in [6, 6.07) is 2.33. The van der Waals surface area contributed by atoms with Crippen molar-refractivity contribution < 1.29 is 12.8 Å². The number of nitrogens with one attached hydrogen (secondary N) is 1. The zero-order valence-corrected chi connectivity index (χ0v) is 10.4. The molecule has 1 heterocycles. The van der Waals surface area contributed by atoms with Gasteiger partial charge in [0, 0.05) is 18.8 Å². The first-order valence-electron chi connectivity index (χ1n) is 5.33. The molecule has 1 rings (SSSR count). The first kappa shape index (κ1) is 14.0. The van der Waals surface area contributed by atoms with Crippen LogP contribution in [0.25, 0.3) is 0 Å². The first-order chi connectivity index (χ1) is 7.97. The van der Waals surface area contributed by atoms with Crippen LogP contribution in [0.15, 0.2) is 23.4 Å². The van der Waals surface area contributed by atoms with Crippen LogP contribution in [0.1, 0.15) is 19.8 Å². The van der Waals surface area contributed by atoms with E-state index in [1.165, 1.54) is 12.3 Å². The largest absolute Gasteiger partial charge is 0.328 e. The number of pyridine rings is 1. The van der Waals surface area contributed by atoms with Crippen LogP contribution in [0.5, 0.6) is 0 Å². The highest BCUT2D eigenvalue weighted by molar-refractivity contribution is 7.89. The third-order valence-electron chi connectivity index (χ3n) is 2.31. The zero-order chi connectivity index (χ0) is 12.9. The molecule has 0 bridgehead atoms. The van der Waals surface area contributed by atoms with Crippen LogP contribution >= 0.6 is 0 Å². The molecule has 0 saturated carbocycles. The van der Waals surface area contributed by atoms with Gasteiger partial charge in [0.2, 0.25) is 5.03 Å². The number of halogens is 1. The van der Waals surface area contributed by atoms with Gasteiger partial charge in [-0.05, 0) is 25.0 Å². The highest BCUT2D eigenvalue weighted by Gasteiger charge is 2.19. The van der Waals surface area contributed by atoms with E-state index in [-0.39, 0.29) is 12.6 Å². The van der Waals surface area contributed by atoms with Crippen LogP contribution in [0, 0.1) is 5.82 Å². The lowest BCUT2D eigenvalue weighted by Gasteiger charge is -2.09. The second kappa shape index (κ2) is 6.04. The third kappa shape index (κ3) is 4.03. The van der Waals surface area contributed by atoms with Crippen LogP contribution in [0.3, 0.4) is 0 Å². The highest BCUT2D eigenvalue weighted by Crippen LogP contribution is 2.09. The average Bonchev–Trinajstić information content (AvgIpc) is 2.28. The average molecular weight is 261 g/mol. The first-order valence-corrected chi connectivity index (χ1v) is 6.81. The highest BCUT2D eigenvalue weighted by atomic mass is 32.2. The summed E-state index contributed by atoms with van der Waals surface area (Å²) in [4.78, 5) is 3.51. The predicted molar refractivity (Wildman–Crippen MR) is 62.3 cm³/mol. The molecule has 1 aromatic heterocycles. The van der Waals surface area contributed by atoms with Crippen molar-refractivity contribution in [3.63, 3.8) is 0 Å². The lowest BCUT2D eigenvalue weighted by Crippen LogP contribution is -2.31. The molecular weight excluding hydrogens is 245 g/mol. The molecule has 1 aromatic rings. The third-order valence-corrected chi connectivity index (χ3v) is 3.70. The molecule has 0 amide bonds. The van der Waals surface area contributed by atoms with Crippen LogP contribution in [0.4, 0.5) is 4.39 Å². The molecule has 5 nitrogen and oxygen atoms in total. The summed E-state index contributed by atoms with van der Waals surface area (Å²) in [5, 5.41) is -0.579. The Morgan fingerprint density at radius 2 is 2.29 bits per heavy atom. The quantitative estimate of drug-likeness (QED) is 0.786. The number of rotatable bonds is 6. The lowest BCUT2D eigenvalue weighted by molar-refractivity contribution is 0.535. The zero-order valence-electron chi connectivity index (χ0n) is 9.56. The number of hydrogen-bond donors (Lipinski definition) is 2. The van der Waals surface area contributed by atoms with Gasteiger partial charge in [-0.2, -0.15) is 0 Å².